The maximum absolute atomic E-state index is 10.4. The largest absolute Gasteiger partial charge is 0.545 e. The van der Waals surface area contributed by atoms with Gasteiger partial charge in [-0.3, -0.25) is 0 Å². The number of carboxylic acids is 2. The van der Waals surface area contributed by atoms with Crippen LogP contribution < -0.4 is 10.2 Å². The maximum atomic E-state index is 10.4. The summed E-state index contributed by atoms with van der Waals surface area (Å²) in [6, 6.07) is 3.54. The first kappa shape index (κ1) is 9.73. The molecule has 1 aromatic rings. The third-order valence-electron chi connectivity index (χ3n) is 1.42. The van der Waals surface area contributed by atoms with Gasteiger partial charge in [-0.05, 0) is 17.7 Å². The molecule has 0 radical (unpaired) electrons. The fourth-order valence-electron chi connectivity index (χ4n) is 0.809. The Morgan fingerprint density at radius 1 is 1.15 bits per heavy atom. The number of rotatable bonds is 2. The molecule has 4 nitrogen and oxygen atoms in total. The van der Waals surface area contributed by atoms with E-state index in [2.05, 4.69) is 15.9 Å². The van der Waals surface area contributed by atoms with Crippen molar-refractivity contribution in [1.82, 2.24) is 0 Å². The first-order valence-electron chi connectivity index (χ1n) is 3.24. The van der Waals surface area contributed by atoms with Crippen molar-refractivity contribution in [1.29, 1.82) is 0 Å². The Morgan fingerprint density at radius 3 is 2.23 bits per heavy atom. The van der Waals surface area contributed by atoms with Crippen molar-refractivity contribution in [2.75, 3.05) is 0 Å². The van der Waals surface area contributed by atoms with E-state index in [0.717, 1.165) is 6.07 Å². The third kappa shape index (κ3) is 2.06. The van der Waals surface area contributed by atoms with Gasteiger partial charge in [0.15, 0.2) is 0 Å². The Hall–Kier alpha value is -1.36. The van der Waals surface area contributed by atoms with Crippen LogP contribution in [0.25, 0.3) is 0 Å². The topological polar surface area (TPSA) is 80.3 Å². The minimum atomic E-state index is -1.44. The standard InChI is InChI=1S/C8H5BrO4/c9-6-2-1-4(7(10)11)3-5(6)8(12)13/h1-3H,(H,10,11)(H,12,13)/p-2. The Labute approximate surface area is 81.9 Å². The van der Waals surface area contributed by atoms with Crippen molar-refractivity contribution in [2.24, 2.45) is 0 Å². The molecule has 0 aliphatic carbocycles. The zero-order valence-electron chi connectivity index (χ0n) is 6.24. The van der Waals surface area contributed by atoms with Gasteiger partial charge in [0, 0.05) is 10.0 Å². The summed E-state index contributed by atoms with van der Waals surface area (Å²) in [6.07, 6.45) is 0. The molecule has 0 saturated carbocycles. The van der Waals surface area contributed by atoms with E-state index < -0.39 is 11.9 Å². The third-order valence-corrected chi connectivity index (χ3v) is 2.11. The number of hydrogen-bond acceptors (Lipinski definition) is 4. The number of carboxylic acid groups (broad SMARTS) is 2. The quantitative estimate of drug-likeness (QED) is 0.679. The summed E-state index contributed by atoms with van der Waals surface area (Å²) in [5.74, 6) is -2.86. The van der Waals surface area contributed by atoms with Crippen molar-refractivity contribution in [2.45, 2.75) is 0 Å². The highest BCUT2D eigenvalue weighted by Gasteiger charge is 2.02. The number of hydrogen-bond donors (Lipinski definition) is 0. The molecule has 68 valence electrons. The number of carbonyl (C=O) groups excluding carboxylic acids is 2. The van der Waals surface area contributed by atoms with Gasteiger partial charge in [-0.1, -0.05) is 22.0 Å². The number of benzene rings is 1. The van der Waals surface area contributed by atoms with Gasteiger partial charge in [0.05, 0.1) is 11.9 Å². The molecule has 0 spiro atoms. The highest BCUT2D eigenvalue weighted by molar-refractivity contribution is 9.10. The Morgan fingerprint density at radius 2 is 1.77 bits per heavy atom. The molecule has 1 aromatic carbocycles. The molecule has 13 heavy (non-hydrogen) atoms. The van der Waals surface area contributed by atoms with E-state index in [9.17, 15) is 19.8 Å². The number of aromatic carboxylic acids is 2. The molecule has 0 unspecified atom stereocenters. The molecule has 0 heterocycles. The van der Waals surface area contributed by atoms with Crippen molar-refractivity contribution in [3.8, 4) is 0 Å². The number of carbonyl (C=O) groups is 2. The van der Waals surface area contributed by atoms with E-state index in [4.69, 9.17) is 0 Å². The highest BCUT2D eigenvalue weighted by atomic mass is 79.9. The van der Waals surface area contributed by atoms with Crippen LogP contribution in [0.2, 0.25) is 0 Å². The van der Waals surface area contributed by atoms with Crippen LogP contribution in [0.5, 0.6) is 0 Å². The Balaban J connectivity index is 3.27. The monoisotopic (exact) mass is 242 g/mol. The van der Waals surface area contributed by atoms with Gasteiger partial charge in [-0.2, -0.15) is 0 Å². The lowest BCUT2D eigenvalue weighted by Crippen LogP contribution is -2.25. The van der Waals surface area contributed by atoms with Crippen LogP contribution in [0.3, 0.4) is 0 Å². The highest BCUT2D eigenvalue weighted by Crippen LogP contribution is 2.17. The molecule has 0 amide bonds. The second kappa shape index (κ2) is 3.57. The summed E-state index contributed by atoms with van der Waals surface area (Å²) in [5.41, 5.74) is -0.399. The van der Waals surface area contributed by atoms with Crippen LogP contribution >= 0.6 is 15.9 Å². The molecule has 0 atom stereocenters. The predicted molar refractivity (Wildman–Crippen MR) is 42.8 cm³/mol. The van der Waals surface area contributed by atoms with Gasteiger partial charge >= 0.3 is 0 Å². The minimum Gasteiger partial charge on any atom is -0.545 e. The summed E-state index contributed by atoms with van der Waals surface area (Å²) < 4.78 is 0.275. The summed E-state index contributed by atoms with van der Waals surface area (Å²) in [4.78, 5) is 20.8. The first-order valence-corrected chi connectivity index (χ1v) is 4.04. The lowest BCUT2D eigenvalue weighted by molar-refractivity contribution is -0.255. The van der Waals surface area contributed by atoms with E-state index in [-0.39, 0.29) is 15.6 Å². The predicted octanol–water partition coefficient (Wildman–Crippen LogP) is -0.824. The van der Waals surface area contributed by atoms with Gasteiger partial charge in [-0.15, -0.1) is 0 Å². The van der Waals surface area contributed by atoms with Gasteiger partial charge in [0.25, 0.3) is 0 Å². The van der Waals surface area contributed by atoms with Crippen molar-refractivity contribution in [3.05, 3.63) is 33.8 Å². The van der Waals surface area contributed by atoms with E-state index in [1.807, 2.05) is 0 Å². The van der Waals surface area contributed by atoms with Crippen LogP contribution in [-0.4, -0.2) is 11.9 Å². The summed E-state index contributed by atoms with van der Waals surface area (Å²) in [7, 11) is 0. The molecule has 0 N–H and O–H groups in total. The van der Waals surface area contributed by atoms with Crippen molar-refractivity contribution in [3.63, 3.8) is 0 Å². The zero-order valence-corrected chi connectivity index (χ0v) is 7.83. The molecule has 5 heteroatoms. The first-order chi connectivity index (χ1) is 6.02. The summed E-state index contributed by atoms with van der Waals surface area (Å²) >= 11 is 2.95. The van der Waals surface area contributed by atoms with Gasteiger partial charge in [-0.25, -0.2) is 0 Å². The average molecular weight is 243 g/mol. The van der Waals surface area contributed by atoms with Crippen LogP contribution in [0.1, 0.15) is 20.7 Å². The van der Waals surface area contributed by atoms with Gasteiger partial charge in [0.1, 0.15) is 0 Å². The minimum absolute atomic E-state index is 0.192. The van der Waals surface area contributed by atoms with E-state index in [1.165, 1.54) is 12.1 Å². The lowest BCUT2D eigenvalue weighted by Gasteiger charge is -2.08. The van der Waals surface area contributed by atoms with Crippen molar-refractivity contribution >= 4 is 27.9 Å². The second-order valence-electron chi connectivity index (χ2n) is 2.27. The van der Waals surface area contributed by atoms with E-state index >= 15 is 0 Å². The maximum Gasteiger partial charge on any atom is 0.0726 e. The number of halogens is 1. The summed E-state index contributed by atoms with van der Waals surface area (Å²) in [6.45, 7) is 0. The van der Waals surface area contributed by atoms with E-state index in [0.29, 0.717) is 0 Å². The molecule has 0 aromatic heterocycles. The summed E-state index contributed by atoms with van der Waals surface area (Å²) in [5, 5.41) is 20.8. The molecule has 0 saturated heterocycles. The average Bonchev–Trinajstić information content (AvgIpc) is 2.04. The smallest absolute Gasteiger partial charge is 0.0726 e. The normalized spacial score (nSPS) is 9.62. The molecule has 0 aliphatic rings. The van der Waals surface area contributed by atoms with Gasteiger partial charge in [0.2, 0.25) is 0 Å². The fraction of sp³-hybridized carbons (Fsp3) is 0. The molecular weight excluding hydrogens is 240 g/mol. The SMILES string of the molecule is O=C([O-])c1ccc(Br)c(C(=O)[O-])c1. The molecule has 0 bridgehead atoms. The van der Waals surface area contributed by atoms with E-state index in [1.54, 1.807) is 0 Å². The van der Waals surface area contributed by atoms with Crippen LogP contribution in [-0.2, 0) is 0 Å². The van der Waals surface area contributed by atoms with Gasteiger partial charge < -0.3 is 19.8 Å². The molecule has 0 aliphatic heterocycles. The fourth-order valence-corrected chi connectivity index (χ4v) is 1.22. The zero-order chi connectivity index (χ0) is 10.0. The molecular formula is C8H3BrO4-2. The van der Waals surface area contributed by atoms with Crippen LogP contribution in [0.15, 0.2) is 22.7 Å². The van der Waals surface area contributed by atoms with Crippen molar-refractivity contribution < 1.29 is 19.8 Å². The Bertz CT molecular complexity index is 372. The Kier molecular flexibility index (Phi) is 2.67. The lowest BCUT2D eigenvalue weighted by atomic mass is 10.1. The molecule has 0 fully saturated rings. The molecule has 1 rings (SSSR count). The van der Waals surface area contributed by atoms with Crippen LogP contribution in [0, 0.1) is 0 Å². The van der Waals surface area contributed by atoms with Crippen LogP contribution in [0.4, 0.5) is 0 Å². The second-order valence-corrected chi connectivity index (χ2v) is 3.12.